The van der Waals surface area contributed by atoms with Crippen molar-refractivity contribution in [3.05, 3.63) is 39.6 Å². The number of nitrogens with two attached hydrogens (primary N) is 1. The zero-order chi connectivity index (χ0) is 14.7. The van der Waals surface area contributed by atoms with Crippen LogP contribution in [0.15, 0.2) is 28.7 Å². The maximum absolute atomic E-state index is 6.07. The average molecular weight is 357 g/mol. The van der Waals surface area contributed by atoms with Crippen LogP contribution in [0.3, 0.4) is 0 Å². The molecular formula is C13H15BrClN5. The van der Waals surface area contributed by atoms with E-state index in [9.17, 15) is 0 Å². The van der Waals surface area contributed by atoms with Crippen LogP contribution in [0.25, 0.3) is 0 Å². The van der Waals surface area contributed by atoms with Gasteiger partial charge in [0, 0.05) is 22.1 Å². The Morgan fingerprint density at radius 2 is 1.90 bits per heavy atom. The van der Waals surface area contributed by atoms with Crippen LogP contribution in [0.5, 0.6) is 0 Å². The highest BCUT2D eigenvalue weighted by atomic mass is 79.9. The molecule has 0 unspecified atom stereocenters. The molecule has 1 aromatic carbocycles. The number of aromatic nitrogens is 2. The van der Waals surface area contributed by atoms with Gasteiger partial charge in [0.2, 0.25) is 0 Å². The van der Waals surface area contributed by atoms with Gasteiger partial charge in [0.15, 0.2) is 0 Å². The van der Waals surface area contributed by atoms with Crippen LogP contribution >= 0.6 is 27.5 Å². The molecule has 0 aliphatic carbocycles. The van der Waals surface area contributed by atoms with E-state index in [1.807, 2.05) is 32.0 Å². The van der Waals surface area contributed by atoms with Crippen molar-refractivity contribution in [1.82, 2.24) is 9.97 Å². The predicted molar refractivity (Wildman–Crippen MR) is 86.4 cm³/mol. The van der Waals surface area contributed by atoms with Crippen molar-refractivity contribution in [3.8, 4) is 0 Å². The zero-order valence-electron chi connectivity index (χ0n) is 11.1. The number of nitrogens with zero attached hydrogens (tertiary/aromatic N) is 2. The molecule has 2 rings (SSSR count). The van der Waals surface area contributed by atoms with Crippen LogP contribution < -0.4 is 16.6 Å². The highest BCUT2D eigenvalue weighted by Gasteiger charge is 2.08. The van der Waals surface area contributed by atoms with Gasteiger partial charge in [-0.2, -0.15) is 0 Å². The summed E-state index contributed by atoms with van der Waals surface area (Å²) in [5.41, 5.74) is 3.39. The lowest BCUT2D eigenvalue weighted by Gasteiger charge is -2.11. The molecule has 1 aromatic heterocycles. The Hall–Kier alpha value is -1.37. The summed E-state index contributed by atoms with van der Waals surface area (Å²) in [4.78, 5) is 8.76. The molecule has 0 radical (unpaired) electrons. The third-order valence-corrected chi connectivity index (χ3v) is 3.83. The highest BCUT2D eigenvalue weighted by molar-refractivity contribution is 9.10. The second-order valence-corrected chi connectivity index (χ2v) is 5.81. The highest BCUT2D eigenvalue weighted by Crippen LogP contribution is 2.27. The summed E-state index contributed by atoms with van der Waals surface area (Å²) < 4.78 is 0.847. The number of rotatable bonds is 4. The van der Waals surface area contributed by atoms with Gasteiger partial charge in [0.1, 0.15) is 17.5 Å². The minimum atomic E-state index is 0.206. The summed E-state index contributed by atoms with van der Waals surface area (Å²) in [6, 6.07) is 7.33. The molecule has 0 aliphatic heterocycles. The Balaban J connectivity index is 2.32. The smallest absolute Gasteiger partial charge is 0.145 e. The lowest BCUT2D eigenvalue weighted by atomic mass is 10.2. The number of nitrogens with one attached hydrogen (secondary N) is 2. The molecule has 4 N–H and O–H groups in total. The van der Waals surface area contributed by atoms with Gasteiger partial charge in [0.05, 0.1) is 5.02 Å². The summed E-state index contributed by atoms with van der Waals surface area (Å²) in [6.07, 6.45) is 0. The van der Waals surface area contributed by atoms with E-state index in [0.29, 0.717) is 22.5 Å². The average Bonchev–Trinajstić information content (AvgIpc) is 2.42. The number of nitrogen functional groups attached to an aromatic ring is 1. The van der Waals surface area contributed by atoms with Gasteiger partial charge in [-0.25, -0.2) is 15.8 Å². The maximum atomic E-state index is 6.07. The number of benzene rings is 1. The van der Waals surface area contributed by atoms with Gasteiger partial charge >= 0.3 is 0 Å². The molecule has 0 fully saturated rings. The minimum Gasteiger partial charge on any atom is -0.340 e. The molecule has 0 amide bonds. The van der Waals surface area contributed by atoms with Crippen molar-refractivity contribution in [2.75, 3.05) is 10.7 Å². The predicted octanol–water partition coefficient (Wildman–Crippen LogP) is 4.05. The van der Waals surface area contributed by atoms with Gasteiger partial charge in [0.25, 0.3) is 0 Å². The number of hydrazine groups is 1. The third kappa shape index (κ3) is 3.59. The van der Waals surface area contributed by atoms with E-state index in [1.54, 1.807) is 6.07 Å². The standard InChI is InChI=1S/C13H15BrClN5/c1-7(2)13-18-11(6-12(19-13)20-16)17-8-3-4-9(14)10(15)5-8/h3-7H,16H2,1-2H3,(H2,17,18,19,20). The summed E-state index contributed by atoms with van der Waals surface area (Å²) in [7, 11) is 0. The monoisotopic (exact) mass is 355 g/mol. The summed E-state index contributed by atoms with van der Waals surface area (Å²) in [5, 5.41) is 3.82. The molecule has 5 nitrogen and oxygen atoms in total. The summed E-state index contributed by atoms with van der Waals surface area (Å²) in [6.45, 7) is 4.05. The van der Waals surface area contributed by atoms with Crippen LogP contribution in [-0.4, -0.2) is 9.97 Å². The van der Waals surface area contributed by atoms with Crippen LogP contribution in [0.4, 0.5) is 17.3 Å². The minimum absolute atomic E-state index is 0.206. The van der Waals surface area contributed by atoms with E-state index in [0.717, 1.165) is 10.2 Å². The normalized spacial score (nSPS) is 10.7. The first-order valence-corrected chi connectivity index (χ1v) is 7.24. The molecule has 2 aromatic rings. The Morgan fingerprint density at radius 1 is 1.20 bits per heavy atom. The van der Waals surface area contributed by atoms with E-state index in [1.165, 1.54) is 0 Å². The Labute approximate surface area is 131 Å². The van der Waals surface area contributed by atoms with Crippen LogP contribution in [0, 0.1) is 0 Å². The molecule has 0 bridgehead atoms. The van der Waals surface area contributed by atoms with Gasteiger partial charge in [-0.3, -0.25) is 0 Å². The van der Waals surface area contributed by atoms with Gasteiger partial charge in [-0.1, -0.05) is 25.4 Å². The quantitative estimate of drug-likeness (QED) is 0.569. The van der Waals surface area contributed by atoms with Crippen molar-refractivity contribution in [2.45, 2.75) is 19.8 Å². The Kier molecular flexibility index (Phi) is 4.80. The van der Waals surface area contributed by atoms with Gasteiger partial charge < -0.3 is 10.7 Å². The van der Waals surface area contributed by atoms with Crippen molar-refractivity contribution in [2.24, 2.45) is 5.84 Å². The van der Waals surface area contributed by atoms with Crippen molar-refractivity contribution in [3.63, 3.8) is 0 Å². The SMILES string of the molecule is CC(C)c1nc(NN)cc(Nc2ccc(Br)c(Cl)c2)n1. The fourth-order valence-corrected chi connectivity index (χ4v) is 2.01. The second-order valence-electron chi connectivity index (χ2n) is 4.55. The number of hydrogen-bond acceptors (Lipinski definition) is 5. The number of halogens is 2. The zero-order valence-corrected chi connectivity index (χ0v) is 13.5. The molecule has 0 atom stereocenters. The van der Waals surface area contributed by atoms with Crippen molar-refractivity contribution < 1.29 is 0 Å². The molecule has 20 heavy (non-hydrogen) atoms. The molecule has 0 saturated carbocycles. The molecular weight excluding hydrogens is 342 g/mol. The fraction of sp³-hybridized carbons (Fsp3) is 0.231. The first-order valence-electron chi connectivity index (χ1n) is 6.07. The van der Waals surface area contributed by atoms with Gasteiger partial charge in [-0.05, 0) is 34.1 Å². The van der Waals surface area contributed by atoms with E-state index >= 15 is 0 Å². The summed E-state index contributed by atoms with van der Waals surface area (Å²) in [5.74, 6) is 7.58. The first-order chi connectivity index (χ1) is 9.49. The molecule has 1 heterocycles. The van der Waals surface area contributed by atoms with E-state index in [-0.39, 0.29) is 5.92 Å². The topological polar surface area (TPSA) is 75.9 Å². The van der Waals surface area contributed by atoms with E-state index in [4.69, 9.17) is 17.4 Å². The third-order valence-electron chi connectivity index (χ3n) is 2.60. The number of anilines is 3. The van der Waals surface area contributed by atoms with Crippen LogP contribution in [0.1, 0.15) is 25.6 Å². The van der Waals surface area contributed by atoms with E-state index in [2.05, 4.69) is 36.6 Å². The second kappa shape index (κ2) is 6.39. The van der Waals surface area contributed by atoms with Crippen LogP contribution in [0.2, 0.25) is 5.02 Å². The Morgan fingerprint density at radius 3 is 2.50 bits per heavy atom. The largest absolute Gasteiger partial charge is 0.340 e. The van der Waals surface area contributed by atoms with Crippen LogP contribution in [-0.2, 0) is 0 Å². The lowest BCUT2D eigenvalue weighted by molar-refractivity contribution is 0.777. The van der Waals surface area contributed by atoms with Crippen molar-refractivity contribution in [1.29, 1.82) is 0 Å². The first kappa shape index (κ1) is 15.0. The summed E-state index contributed by atoms with van der Waals surface area (Å²) >= 11 is 9.42. The fourth-order valence-electron chi connectivity index (χ4n) is 1.58. The molecule has 0 spiro atoms. The lowest BCUT2D eigenvalue weighted by Crippen LogP contribution is -2.12. The number of hydrogen-bond donors (Lipinski definition) is 3. The maximum Gasteiger partial charge on any atom is 0.145 e. The van der Waals surface area contributed by atoms with Gasteiger partial charge in [-0.15, -0.1) is 0 Å². The van der Waals surface area contributed by atoms with E-state index < -0.39 is 0 Å². The molecule has 106 valence electrons. The Bertz CT molecular complexity index is 618. The van der Waals surface area contributed by atoms with Crippen molar-refractivity contribution >= 4 is 44.9 Å². The molecule has 0 aliphatic rings. The molecule has 0 saturated heterocycles. The molecule has 7 heteroatoms.